The van der Waals surface area contributed by atoms with Crippen molar-refractivity contribution < 1.29 is 9.53 Å². The molecule has 0 aromatic heterocycles. The van der Waals surface area contributed by atoms with Gasteiger partial charge in [0.15, 0.2) is 5.78 Å². The van der Waals surface area contributed by atoms with Gasteiger partial charge in [-0.25, -0.2) is 0 Å². The van der Waals surface area contributed by atoms with Gasteiger partial charge in [0.1, 0.15) is 10.1 Å². The number of methoxy groups -OCH3 is 1. The number of carbonyl (C=O) groups excluding carboxylic acids is 1. The van der Waals surface area contributed by atoms with E-state index in [0.717, 1.165) is 34.5 Å². The molecule has 3 nitrogen and oxygen atoms in total. The minimum Gasteiger partial charge on any atom is -0.497 e. The van der Waals surface area contributed by atoms with Gasteiger partial charge in [-0.3, -0.25) is 4.79 Å². The van der Waals surface area contributed by atoms with E-state index in [-0.39, 0.29) is 5.78 Å². The monoisotopic (exact) mass is 337 g/mol. The van der Waals surface area contributed by atoms with E-state index in [0.29, 0.717) is 6.42 Å². The van der Waals surface area contributed by atoms with E-state index in [1.54, 1.807) is 24.9 Å². The van der Waals surface area contributed by atoms with E-state index >= 15 is 0 Å². The first-order valence-corrected chi connectivity index (χ1v) is 8.76. The summed E-state index contributed by atoms with van der Waals surface area (Å²) < 4.78 is 5.97. The Balaban J connectivity index is 2.36. The fourth-order valence-corrected chi connectivity index (χ4v) is 3.23. The first-order valence-electron chi connectivity index (χ1n) is 7.37. The van der Waals surface area contributed by atoms with Gasteiger partial charge >= 0.3 is 0 Å². The molecule has 5 heteroatoms. The lowest BCUT2D eigenvalue weighted by molar-refractivity contribution is -0.114. The topological polar surface area (TPSA) is 29.5 Å². The summed E-state index contributed by atoms with van der Waals surface area (Å²) >= 11 is 6.91. The molecule has 0 saturated heterocycles. The van der Waals surface area contributed by atoms with Crippen LogP contribution in [0.2, 0.25) is 0 Å². The molecule has 1 aromatic rings. The number of rotatable bonds is 8. The zero-order valence-corrected chi connectivity index (χ0v) is 15.0. The number of ether oxygens (including phenoxy) is 1. The molecule has 0 unspecified atom stereocenters. The molecule has 120 valence electrons. The molecule has 0 saturated carbocycles. The molecular formula is C17H23NO2S2. The average molecular weight is 338 g/mol. The summed E-state index contributed by atoms with van der Waals surface area (Å²) in [5.74, 6) is 1.65. The van der Waals surface area contributed by atoms with Crippen LogP contribution in [-0.2, 0) is 4.79 Å². The molecule has 0 bridgehead atoms. The van der Waals surface area contributed by atoms with Crippen molar-refractivity contribution in [2.75, 3.05) is 26.0 Å². The predicted molar refractivity (Wildman–Crippen MR) is 99.6 cm³/mol. The summed E-state index contributed by atoms with van der Waals surface area (Å²) in [5.41, 5.74) is 0.987. The van der Waals surface area contributed by atoms with Crippen LogP contribution >= 0.6 is 24.0 Å². The maximum atomic E-state index is 11.8. The Kier molecular flexibility index (Phi) is 8.85. The second-order valence-corrected chi connectivity index (χ2v) is 6.34. The highest BCUT2D eigenvalue weighted by Crippen LogP contribution is 2.13. The highest BCUT2D eigenvalue weighted by Gasteiger charge is 2.06. The van der Waals surface area contributed by atoms with Gasteiger partial charge in [0, 0.05) is 25.3 Å². The Morgan fingerprint density at radius 3 is 2.45 bits per heavy atom. The largest absolute Gasteiger partial charge is 0.497 e. The van der Waals surface area contributed by atoms with E-state index < -0.39 is 0 Å². The number of thiocarbonyl (C=S) groups is 1. The van der Waals surface area contributed by atoms with Crippen LogP contribution in [0.3, 0.4) is 0 Å². The fraction of sp³-hybridized carbons (Fsp3) is 0.412. The minimum absolute atomic E-state index is 0.116. The van der Waals surface area contributed by atoms with Gasteiger partial charge < -0.3 is 9.64 Å². The Morgan fingerprint density at radius 1 is 1.27 bits per heavy atom. The number of carbonyl (C=O) groups is 1. The predicted octanol–water partition coefficient (Wildman–Crippen LogP) is 4.03. The minimum atomic E-state index is 0.116. The summed E-state index contributed by atoms with van der Waals surface area (Å²) in [6.45, 7) is 5.99. The van der Waals surface area contributed by atoms with Crippen LogP contribution in [0.25, 0.3) is 6.08 Å². The average Bonchev–Trinajstić information content (AvgIpc) is 2.54. The van der Waals surface area contributed by atoms with Crippen LogP contribution < -0.4 is 4.74 Å². The summed E-state index contributed by atoms with van der Waals surface area (Å²) in [7, 11) is 1.63. The van der Waals surface area contributed by atoms with E-state index in [4.69, 9.17) is 17.0 Å². The second kappa shape index (κ2) is 10.4. The van der Waals surface area contributed by atoms with E-state index in [9.17, 15) is 4.79 Å². The summed E-state index contributed by atoms with van der Waals surface area (Å²) in [5, 5.41) is 0. The van der Waals surface area contributed by atoms with Gasteiger partial charge in [0.05, 0.1) is 7.11 Å². The molecule has 0 spiro atoms. The molecule has 0 aliphatic rings. The number of thioether (sulfide) groups is 1. The zero-order chi connectivity index (χ0) is 16.4. The van der Waals surface area contributed by atoms with Gasteiger partial charge in [-0.15, -0.1) is 0 Å². The van der Waals surface area contributed by atoms with Gasteiger partial charge in [-0.1, -0.05) is 42.2 Å². The van der Waals surface area contributed by atoms with Crippen LogP contribution in [0.5, 0.6) is 5.75 Å². The number of ketones is 1. The third-order valence-corrected chi connectivity index (χ3v) is 4.70. The summed E-state index contributed by atoms with van der Waals surface area (Å²) in [6.07, 6.45) is 3.96. The van der Waals surface area contributed by atoms with Crippen LogP contribution in [0.15, 0.2) is 30.3 Å². The van der Waals surface area contributed by atoms with Crippen molar-refractivity contribution in [2.45, 2.75) is 20.3 Å². The number of hydrogen-bond acceptors (Lipinski definition) is 4. The molecule has 0 N–H and O–H groups in total. The third-order valence-electron chi connectivity index (χ3n) is 3.17. The van der Waals surface area contributed by atoms with E-state index in [2.05, 4.69) is 18.7 Å². The van der Waals surface area contributed by atoms with Crippen molar-refractivity contribution in [3.05, 3.63) is 35.9 Å². The van der Waals surface area contributed by atoms with E-state index in [1.165, 1.54) is 0 Å². The lowest BCUT2D eigenvalue weighted by Gasteiger charge is -2.20. The first-order chi connectivity index (χ1) is 10.6. The van der Waals surface area contributed by atoms with Gasteiger partial charge in [-0.05, 0) is 37.6 Å². The van der Waals surface area contributed by atoms with Gasteiger partial charge in [-0.2, -0.15) is 0 Å². The quantitative estimate of drug-likeness (QED) is 0.528. The molecular weight excluding hydrogens is 314 g/mol. The SMILES string of the molecule is CCN(CC)C(=S)SCCC(=O)/C=C/c1ccc(OC)cc1. The van der Waals surface area contributed by atoms with Crippen LogP contribution in [-0.4, -0.2) is 41.0 Å². The molecule has 1 aromatic carbocycles. The second-order valence-electron chi connectivity index (χ2n) is 4.61. The van der Waals surface area contributed by atoms with Crippen LogP contribution in [0, 0.1) is 0 Å². The Bertz CT molecular complexity index is 508. The maximum Gasteiger partial charge on any atom is 0.156 e. The van der Waals surface area contributed by atoms with Gasteiger partial charge in [0.25, 0.3) is 0 Å². The molecule has 0 radical (unpaired) electrons. The molecule has 0 aliphatic heterocycles. The molecule has 22 heavy (non-hydrogen) atoms. The summed E-state index contributed by atoms with van der Waals surface area (Å²) in [6, 6.07) is 7.60. The van der Waals surface area contributed by atoms with Crippen molar-refractivity contribution >= 4 is 40.2 Å². The number of benzene rings is 1. The smallest absolute Gasteiger partial charge is 0.156 e. The van der Waals surface area contributed by atoms with Crippen LogP contribution in [0.1, 0.15) is 25.8 Å². The number of nitrogens with zero attached hydrogens (tertiary/aromatic N) is 1. The zero-order valence-electron chi connectivity index (χ0n) is 13.4. The maximum absolute atomic E-state index is 11.8. The third kappa shape index (κ3) is 6.62. The van der Waals surface area contributed by atoms with Crippen molar-refractivity contribution in [1.29, 1.82) is 0 Å². The highest BCUT2D eigenvalue weighted by atomic mass is 32.2. The molecule has 0 aliphatic carbocycles. The Labute approximate surface area is 142 Å². The molecule has 0 heterocycles. The van der Waals surface area contributed by atoms with Crippen molar-refractivity contribution in [1.82, 2.24) is 4.90 Å². The van der Waals surface area contributed by atoms with Crippen molar-refractivity contribution in [3.8, 4) is 5.75 Å². The molecule has 0 fully saturated rings. The lowest BCUT2D eigenvalue weighted by Crippen LogP contribution is -2.26. The molecule has 1 rings (SSSR count). The van der Waals surface area contributed by atoms with Crippen molar-refractivity contribution in [3.63, 3.8) is 0 Å². The molecule has 0 amide bonds. The molecule has 0 atom stereocenters. The number of allylic oxidation sites excluding steroid dienone is 1. The Hall–Kier alpha value is -1.33. The normalized spacial score (nSPS) is 10.7. The first kappa shape index (κ1) is 18.7. The van der Waals surface area contributed by atoms with Crippen LogP contribution in [0.4, 0.5) is 0 Å². The Morgan fingerprint density at radius 2 is 1.91 bits per heavy atom. The highest BCUT2D eigenvalue weighted by molar-refractivity contribution is 8.22. The fourth-order valence-electron chi connectivity index (χ4n) is 1.80. The van der Waals surface area contributed by atoms with E-state index in [1.807, 2.05) is 30.3 Å². The van der Waals surface area contributed by atoms with Crippen molar-refractivity contribution in [2.24, 2.45) is 0 Å². The standard InChI is InChI=1S/C17H23NO2S2/c1-4-18(5-2)17(21)22-13-12-15(19)9-6-14-7-10-16(20-3)11-8-14/h6-11H,4-5,12-13H2,1-3H3/b9-6+. The van der Waals surface area contributed by atoms with Gasteiger partial charge in [0.2, 0.25) is 0 Å². The number of hydrogen-bond donors (Lipinski definition) is 0. The lowest BCUT2D eigenvalue weighted by atomic mass is 10.2. The summed E-state index contributed by atoms with van der Waals surface area (Å²) in [4.78, 5) is 14.0.